The Morgan fingerprint density at radius 2 is 1.80 bits per heavy atom. The van der Waals surface area contributed by atoms with Crippen molar-refractivity contribution in [3.8, 4) is 0 Å². The highest BCUT2D eigenvalue weighted by Gasteiger charge is 2.38. The van der Waals surface area contributed by atoms with Crippen molar-refractivity contribution in [2.75, 3.05) is 62.7 Å². The topological polar surface area (TPSA) is 64.0 Å². The fourth-order valence-corrected chi connectivity index (χ4v) is 6.32. The van der Waals surface area contributed by atoms with Crippen molar-refractivity contribution in [2.24, 2.45) is 0 Å². The van der Waals surface area contributed by atoms with Crippen molar-refractivity contribution in [2.45, 2.75) is 51.0 Å². The van der Waals surface area contributed by atoms with Gasteiger partial charge in [-0.3, -0.25) is 0 Å². The molecular formula is C32H44N8. The molecule has 2 saturated heterocycles. The third-order valence-corrected chi connectivity index (χ3v) is 9.14. The Balaban J connectivity index is 1.45. The third kappa shape index (κ3) is 4.94. The second-order valence-corrected chi connectivity index (χ2v) is 12.1. The standard InChI is InChI=1S/C32H44N8/c1-23-10-12-26(13-11-23)32(4)22-33-21-24(2)34-14-18-37(5)31-20-29(38-15-8-16-38)35-30-19-27(36-40(30)31)28-9-6-7-17-39(28)25(32)3/h10-13,19-20,28,33-34H,2-3,6-9,14-18,21-22H2,1,4-5H3. The SMILES string of the molecule is C=C1CNCC(C)(c2ccc(C)cc2)C(=C)N2CCCCC2c2cc3nc(N4CCC4)cc(n3n2)N(C)CCN1. The lowest BCUT2D eigenvalue weighted by Gasteiger charge is -2.45. The molecule has 0 radical (unpaired) electrons. The second-order valence-electron chi connectivity index (χ2n) is 12.1. The van der Waals surface area contributed by atoms with Crippen molar-refractivity contribution in [3.05, 3.63) is 77.8 Å². The van der Waals surface area contributed by atoms with Crippen LogP contribution in [0.1, 0.15) is 55.5 Å². The van der Waals surface area contributed by atoms with Crippen LogP contribution in [0, 0.1) is 6.92 Å². The van der Waals surface area contributed by atoms with E-state index >= 15 is 0 Å². The smallest absolute Gasteiger partial charge is 0.160 e. The number of nitrogens with zero attached hydrogens (tertiary/aromatic N) is 6. The summed E-state index contributed by atoms with van der Waals surface area (Å²) in [6.45, 7) is 19.8. The first-order chi connectivity index (χ1) is 19.3. The molecule has 0 saturated carbocycles. The van der Waals surface area contributed by atoms with Crippen LogP contribution in [0.4, 0.5) is 11.6 Å². The minimum Gasteiger partial charge on any atom is -0.386 e. The maximum absolute atomic E-state index is 5.24. The van der Waals surface area contributed by atoms with Crippen LogP contribution >= 0.6 is 0 Å². The van der Waals surface area contributed by atoms with Crippen LogP contribution in [-0.4, -0.2) is 72.4 Å². The van der Waals surface area contributed by atoms with Gasteiger partial charge in [0.2, 0.25) is 0 Å². The predicted molar refractivity (Wildman–Crippen MR) is 164 cm³/mol. The molecule has 2 aromatic heterocycles. The second kappa shape index (κ2) is 10.8. The van der Waals surface area contributed by atoms with E-state index in [1.54, 1.807) is 0 Å². The molecule has 3 aliphatic heterocycles. The van der Waals surface area contributed by atoms with Crippen LogP contribution in [0.2, 0.25) is 0 Å². The van der Waals surface area contributed by atoms with E-state index in [1.807, 2.05) is 0 Å². The first-order valence-corrected chi connectivity index (χ1v) is 14.9. The highest BCUT2D eigenvalue weighted by molar-refractivity contribution is 5.60. The van der Waals surface area contributed by atoms with E-state index < -0.39 is 0 Å². The van der Waals surface area contributed by atoms with Crippen LogP contribution in [-0.2, 0) is 5.41 Å². The fourth-order valence-electron chi connectivity index (χ4n) is 6.32. The van der Waals surface area contributed by atoms with E-state index in [9.17, 15) is 0 Å². The van der Waals surface area contributed by atoms with E-state index in [4.69, 9.17) is 16.7 Å². The van der Waals surface area contributed by atoms with Gasteiger partial charge < -0.3 is 25.3 Å². The molecule has 3 aromatic rings. The number of anilines is 2. The maximum atomic E-state index is 5.24. The number of fused-ring (bicyclic) bond motifs is 3. The van der Waals surface area contributed by atoms with Crippen LogP contribution in [0.3, 0.4) is 0 Å². The van der Waals surface area contributed by atoms with Gasteiger partial charge in [0.1, 0.15) is 11.6 Å². The number of likely N-dealkylation sites (N-methyl/N-ethyl adjacent to an activating group) is 1. The molecule has 212 valence electrons. The summed E-state index contributed by atoms with van der Waals surface area (Å²) in [5, 5.41) is 12.5. The summed E-state index contributed by atoms with van der Waals surface area (Å²) in [5.74, 6) is 2.12. The number of benzene rings is 1. The first kappa shape index (κ1) is 26.7. The molecule has 2 fully saturated rings. The summed E-state index contributed by atoms with van der Waals surface area (Å²) < 4.78 is 2.05. The first-order valence-electron chi connectivity index (χ1n) is 14.9. The highest BCUT2D eigenvalue weighted by Crippen LogP contribution is 2.41. The van der Waals surface area contributed by atoms with Crippen molar-refractivity contribution >= 4 is 17.3 Å². The van der Waals surface area contributed by atoms with Crippen molar-refractivity contribution in [1.29, 1.82) is 0 Å². The average Bonchev–Trinajstić information content (AvgIpc) is 3.35. The summed E-state index contributed by atoms with van der Waals surface area (Å²) >= 11 is 0. The molecule has 6 rings (SSSR count). The number of aromatic nitrogens is 3. The Hall–Kier alpha value is -3.52. The molecule has 2 atom stereocenters. The van der Waals surface area contributed by atoms with E-state index in [0.29, 0.717) is 6.54 Å². The number of piperidine rings is 1. The highest BCUT2D eigenvalue weighted by atomic mass is 15.4. The van der Waals surface area contributed by atoms with Gasteiger partial charge in [-0.2, -0.15) is 9.61 Å². The van der Waals surface area contributed by atoms with Crippen molar-refractivity contribution in [3.63, 3.8) is 0 Å². The molecule has 1 aromatic carbocycles. The monoisotopic (exact) mass is 540 g/mol. The van der Waals surface area contributed by atoms with Gasteiger partial charge >= 0.3 is 0 Å². The molecule has 0 amide bonds. The Labute approximate surface area is 238 Å². The largest absolute Gasteiger partial charge is 0.386 e. The van der Waals surface area contributed by atoms with Crippen molar-refractivity contribution < 1.29 is 0 Å². The molecule has 2 N–H and O–H groups in total. The molecule has 40 heavy (non-hydrogen) atoms. The number of aryl methyl sites for hydroxylation is 1. The van der Waals surface area contributed by atoms with Gasteiger partial charge in [-0.15, -0.1) is 0 Å². The lowest BCUT2D eigenvalue weighted by atomic mass is 9.77. The minimum absolute atomic E-state index is 0.169. The van der Waals surface area contributed by atoms with Gasteiger partial charge in [0.25, 0.3) is 0 Å². The zero-order chi connectivity index (χ0) is 27.9. The lowest BCUT2D eigenvalue weighted by molar-refractivity contribution is 0.165. The molecule has 0 spiro atoms. The number of hydrogen-bond donors (Lipinski definition) is 2. The summed E-state index contributed by atoms with van der Waals surface area (Å²) in [7, 11) is 2.14. The third-order valence-electron chi connectivity index (χ3n) is 9.14. The van der Waals surface area contributed by atoms with Gasteiger partial charge in [-0.25, -0.2) is 4.98 Å². The fraction of sp³-hybridized carbons (Fsp3) is 0.500. The molecule has 8 nitrogen and oxygen atoms in total. The Kier molecular flexibility index (Phi) is 7.21. The summed E-state index contributed by atoms with van der Waals surface area (Å²) in [5.41, 5.74) is 6.40. The van der Waals surface area contributed by atoms with E-state index in [0.717, 1.165) is 86.5 Å². The molecule has 5 heterocycles. The number of nitrogens with one attached hydrogen (secondary N) is 2. The van der Waals surface area contributed by atoms with Crippen LogP contribution in [0.5, 0.6) is 0 Å². The van der Waals surface area contributed by atoms with Crippen LogP contribution in [0.25, 0.3) is 5.65 Å². The maximum Gasteiger partial charge on any atom is 0.160 e. The Morgan fingerprint density at radius 3 is 2.55 bits per heavy atom. The van der Waals surface area contributed by atoms with Gasteiger partial charge in [-0.05, 0) is 45.1 Å². The minimum atomic E-state index is -0.284. The van der Waals surface area contributed by atoms with E-state index in [1.165, 1.54) is 24.0 Å². The summed E-state index contributed by atoms with van der Waals surface area (Å²) in [4.78, 5) is 12.3. The lowest BCUT2D eigenvalue weighted by Crippen LogP contribution is -2.46. The van der Waals surface area contributed by atoms with E-state index in [2.05, 4.69) is 93.7 Å². The zero-order valence-electron chi connectivity index (χ0n) is 24.4. The van der Waals surface area contributed by atoms with Gasteiger partial charge in [-0.1, -0.05) is 43.0 Å². The Bertz CT molecular complexity index is 1390. The molecule has 3 aliphatic rings. The van der Waals surface area contributed by atoms with Crippen molar-refractivity contribution in [1.82, 2.24) is 30.1 Å². The summed E-state index contributed by atoms with van der Waals surface area (Å²) in [6, 6.07) is 13.5. The van der Waals surface area contributed by atoms with E-state index in [-0.39, 0.29) is 11.5 Å². The zero-order valence-corrected chi connectivity index (χ0v) is 24.4. The Morgan fingerprint density at radius 1 is 1.00 bits per heavy atom. The van der Waals surface area contributed by atoms with Gasteiger partial charge in [0.15, 0.2) is 5.65 Å². The molecule has 2 unspecified atom stereocenters. The molecule has 2 bridgehead atoms. The normalized spacial score (nSPS) is 24.7. The number of hydrogen-bond acceptors (Lipinski definition) is 7. The number of rotatable bonds is 2. The molecular weight excluding hydrogens is 496 g/mol. The quantitative estimate of drug-likeness (QED) is 0.500. The van der Waals surface area contributed by atoms with Crippen LogP contribution in [0.15, 0.2) is 61.0 Å². The average molecular weight is 541 g/mol. The predicted octanol–water partition coefficient (Wildman–Crippen LogP) is 4.39. The molecule has 0 aliphatic carbocycles. The van der Waals surface area contributed by atoms with Crippen LogP contribution < -0.4 is 20.4 Å². The molecule has 8 heteroatoms. The summed E-state index contributed by atoms with van der Waals surface area (Å²) in [6.07, 6.45) is 4.63. The van der Waals surface area contributed by atoms with Gasteiger partial charge in [0.05, 0.1) is 11.7 Å². The van der Waals surface area contributed by atoms with Gasteiger partial charge in [0, 0.05) is 81.8 Å².